The molecule has 2 N–H and O–H groups in total. The van der Waals surface area contributed by atoms with Crippen molar-refractivity contribution in [2.75, 3.05) is 0 Å². The summed E-state index contributed by atoms with van der Waals surface area (Å²) in [5.74, 6) is -2.29. The van der Waals surface area contributed by atoms with Gasteiger partial charge in [0.2, 0.25) is 5.82 Å². The van der Waals surface area contributed by atoms with Gasteiger partial charge in [0.05, 0.1) is 0 Å². The Morgan fingerprint density at radius 3 is 2.19 bits per heavy atom. The van der Waals surface area contributed by atoms with E-state index in [1.807, 2.05) is 0 Å². The molecule has 0 spiro atoms. The van der Waals surface area contributed by atoms with Crippen molar-refractivity contribution >= 4 is 0 Å². The maximum atomic E-state index is 13.2. The normalized spacial score (nSPS) is 10.8. The van der Waals surface area contributed by atoms with Crippen molar-refractivity contribution in [1.82, 2.24) is 10.1 Å². The number of benzene rings is 2. The lowest BCUT2D eigenvalue weighted by Gasteiger charge is -2.01. The van der Waals surface area contributed by atoms with Crippen molar-refractivity contribution in [3.63, 3.8) is 0 Å². The molecule has 7 heteroatoms. The van der Waals surface area contributed by atoms with Crippen LogP contribution in [0.25, 0.3) is 22.8 Å². The predicted octanol–water partition coefficient (Wildman–Crippen LogP) is 3.09. The molecular weight excluding hydrogens is 282 g/mol. The van der Waals surface area contributed by atoms with Crippen LogP contribution in [0.3, 0.4) is 0 Å². The minimum atomic E-state index is -0.776. The standard InChI is InChI=1S/C14H8F2N2O3/c15-8-4-7(5-9(16)6-8)13-17-14(21-18-13)12-10(19)2-1-3-11(12)20/h1-6,19-20H. The van der Waals surface area contributed by atoms with Crippen molar-refractivity contribution < 1.29 is 23.5 Å². The Kier molecular flexibility index (Phi) is 3.02. The van der Waals surface area contributed by atoms with E-state index in [0.29, 0.717) is 0 Å². The van der Waals surface area contributed by atoms with E-state index in [9.17, 15) is 19.0 Å². The van der Waals surface area contributed by atoms with Gasteiger partial charge in [-0.05, 0) is 24.3 Å². The van der Waals surface area contributed by atoms with E-state index in [2.05, 4.69) is 10.1 Å². The Morgan fingerprint density at radius 2 is 1.57 bits per heavy atom. The summed E-state index contributed by atoms with van der Waals surface area (Å²) in [5, 5.41) is 23.0. The fraction of sp³-hybridized carbons (Fsp3) is 0. The van der Waals surface area contributed by atoms with Crippen LogP contribution in [0, 0.1) is 11.6 Å². The smallest absolute Gasteiger partial charge is 0.265 e. The highest BCUT2D eigenvalue weighted by molar-refractivity contribution is 5.71. The first-order valence-corrected chi connectivity index (χ1v) is 5.86. The summed E-state index contributed by atoms with van der Waals surface area (Å²) in [6.07, 6.45) is 0. The second kappa shape index (κ2) is 4.86. The first-order valence-electron chi connectivity index (χ1n) is 5.86. The van der Waals surface area contributed by atoms with Crippen molar-refractivity contribution in [3.8, 4) is 34.3 Å². The quantitative estimate of drug-likeness (QED) is 0.758. The van der Waals surface area contributed by atoms with Crippen LogP contribution in [-0.2, 0) is 0 Å². The van der Waals surface area contributed by atoms with Crippen LogP contribution in [0.1, 0.15) is 0 Å². The van der Waals surface area contributed by atoms with Gasteiger partial charge in [-0.2, -0.15) is 4.98 Å². The second-order valence-corrected chi connectivity index (χ2v) is 4.25. The number of rotatable bonds is 2. The van der Waals surface area contributed by atoms with Gasteiger partial charge < -0.3 is 14.7 Å². The SMILES string of the molecule is Oc1cccc(O)c1-c1nc(-c2cc(F)cc(F)c2)no1. The van der Waals surface area contributed by atoms with E-state index in [0.717, 1.165) is 18.2 Å². The molecule has 0 radical (unpaired) electrons. The van der Waals surface area contributed by atoms with Crippen LogP contribution < -0.4 is 0 Å². The van der Waals surface area contributed by atoms with Gasteiger partial charge >= 0.3 is 0 Å². The largest absolute Gasteiger partial charge is 0.507 e. The molecule has 1 heterocycles. The molecule has 21 heavy (non-hydrogen) atoms. The Bertz CT molecular complexity index is 777. The molecule has 0 bridgehead atoms. The highest BCUT2D eigenvalue weighted by Crippen LogP contribution is 2.36. The van der Waals surface area contributed by atoms with Gasteiger partial charge in [-0.25, -0.2) is 8.78 Å². The molecule has 1 aromatic heterocycles. The maximum absolute atomic E-state index is 13.2. The molecule has 3 aromatic rings. The molecule has 0 unspecified atom stereocenters. The van der Waals surface area contributed by atoms with Gasteiger partial charge in [-0.15, -0.1) is 0 Å². The van der Waals surface area contributed by atoms with Crippen LogP contribution in [0.15, 0.2) is 40.9 Å². The third kappa shape index (κ3) is 2.40. The molecule has 0 aliphatic heterocycles. The Morgan fingerprint density at radius 1 is 0.952 bits per heavy atom. The van der Waals surface area contributed by atoms with Gasteiger partial charge in [-0.3, -0.25) is 0 Å². The summed E-state index contributed by atoms with van der Waals surface area (Å²) in [6.45, 7) is 0. The Balaban J connectivity index is 2.08. The van der Waals surface area contributed by atoms with Crippen LogP contribution in [0.5, 0.6) is 11.5 Å². The number of halogens is 2. The monoisotopic (exact) mass is 290 g/mol. The number of nitrogens with zero attached hydrogens (tertiary/aromatic N) is 2. The maximum Gasteiger partial charge on any atom is 0.265 e. The van der Waals surface area contributed by atoms with Crippen molar-refractivity contribution in [2.24, 2.45) is 0 Å². The summed E-state index contributed by atoms with van der Waals surface area (Å²) >= 11 is 0. The topological polar surface area (TPSA) is 79.4 Å². The average molecular weight is 290 g/mol. The van der Waals surface area contributed by atoms with Gasteiger partial charge in [0, 0.05) is 11.6 Å². The average Bonchev–Trinajstić information content (AvgIpc) is 2.87. The number of hydrogen-bond acceptors (Lipinski definition) is 5. The fourth-order valence-corrected chi connectivity index (χ4v) is 1.87. The second-order valence-electron chi connectivity index (χ2n) is 4.25. The minimum absolute atomic E-state index is 0.0480. The minimum Gasteiger partial charge on any atom is -0.507 e. The highest BCUT2D eigenvalue weighted by atomic mass is 19.1. The summed E-state index contributed by atoms with van der Waals surface area (Å²) in [7, 11) is 0. The summed E-state index contributed by atoms with van der Waals surface area (Å²) in [6, 6.07) is 6.92. The summed E-state index contributed by atoms with van der Waals surface area (Å²) in [5.41, 5.74) is 0.0329. The van der Waals surface area contributed by atoms with Gasteiger partial charge in [-0.1, -0.05) is 11.2 Å². The molecule has 0 aliphatic carbocycles. The van der Waals surface area contributed by atoms with Crippen molar-refractivity contribution in [2.45, 2.75) is 0 Å². The number of phenols is 2. The van der Waals surface area contributed by atoms with Crippen LogP contribution in [0.2, 0.25) is 0 Å². The van der Waals surface area contributed by atoms with Gasteiger partial charge in [0.15, 0.2) is 0 Å². The predicted molar refractivity (Wildman–Crippen MR) is 68.4 cm³/mol. The van der Waals surface area contributed by atoms with Gasteiger partial charge in [0.1, 0.15) is 28.7 Å². The molecule has 2 aromatic carbocycles. The molecule has 0 atom stereocenters. The molecule has 0 saturated heterocycles. The lowest BCUT2D eigenvalue weighted by Crippen LogP contribution is -1.86. The number of phenolic OH excluding ortho intramolecular Hbond substituents is 2. The molecule has 0 amide bonds. The van der Waals surface area contributed by atoms with Gasteiger partial charge in [0.25, 0.3) is 5.89 Å². The zero-order valence-corrected chi connectivity index (χ0v) is 10.4. The number of aromatic nitrogens is 2. The van der Waals surface area contributed by atoms with E-state index in [1.54, 1.807) is 0 Å². The molecule has 106 valence electrons. The van der Waals surface area contributed by atoms with Crippen LogP contribution in [0.4, 0.5) is 8.78 Å². The summed E-state index contributed by atoms with van der Waals surface area (Å²) < 4.78 is 31.3. The first-order chi connectivity index (χ1) is 10.0. The molecule has 0 fully saturated rings. The molecule has 3 rings (SSSR count). The fourth-order valence-electron chi connectivity index (χ4n) is 1.87. The first kappa shape index (κ1) is 13.0. The lowest BCUT2D eigenvalue weighted by molar-refractivity contribution is 0.416. The Hall–Kier alpha value is -2.96. The van der Waals surface area contributed by atoms with E-state index >= 15 is 0 Å². The molecule has 0 saturated carbocycles. The van der Waals surface area contributed by atoms with Crippen LogP contribution in [-0.4, -0.2) is 20.4 Å². The molecular formula is C14H8F2N2O3. The lowest BCUT2D eigenvalue weighted by atomic mass is 10.1. The van der Waals surface area contributed by atoms with Crippen molar-refractivity contribution in [1.29, 1.82) is 0 Å². The zero-order chi connectivity index (χ0) is 15.0. The van der Waals surface area contributed by atoms with E-state index < -0.39 is 11.6 Å². The third-order valence-electron chi connectivity index (χ3n) is 2.78. The number of aromatic hydroxyl groups is 2. The summed E-state index contributed by atoms with van der Waals surface area (Å²) in [4.78, 5) is 3.92. The zero-order valence-electron chi connectivity index (χ0n) is 10.4. The van der Waals surface area contributed by atoms with Crippen LogP contribution >= 0.6 is 0 Å². The third-order valence-corrected chi connectivity index (χ3v) is 2.78. The molecule has 0 aliphatic rings. The highest BCUT2D eigenvalue weighted by Gasteiger charge is 2.18. The van der Waals surface area contributed by atoms with E-state index in [4.69, 9.17) is 4.52 Å². The van der Waals surface area contributed by atoms with E-state index in [1.165, 1.54) is 18.2 Å². The molecule has 5 nitrogen and oxygen atoms in total. The van der Waals surface area contributed by atoms with Crippen molar-refractivity contribution in [3.05, 3.63) is 48.0 Å². The van der Waals surface area contributed by atoms with E-state index in [-0.39, 0.29) is 34.3 Å². The Labute approximate surface area is 117 Å². The number of hydrogen-bond donors (Lipinski definition) is 2.